The number of hydrogen-bond donors (Lipinski definition) is 3. The number of aliphatic hydroxyl groups excluding tert-OH is 1. The number of β-amino-alcohol motifs (C(OH)–C–C–N with tert-alkyl or cyclic N) is 1. The maximum Gasteiger partial charge on any atom is 0.273 e. The molecule has 1 aromatic heterocycles. The van der Waals surface area contributed by atoms with E-state index in [0.717, 1.165) is 5.56 Å². The van der Waals surface area contributed by atoms with Gasteiger partial charge in [0.2, 0.25) is 0 Å². The van der Waals surface area contributed by atoms with Gasteiger partial charge in [0.25, 0.3) is 5.91 Å². The van der Waals surface area contributed by atoms with E-state index in [4.69, 9.17) is 0 Å². The lowest BCUT2D eigenvalue weighted by molar-refractivity contribution is 0.0706. The van der Waals surface area contributed by atoms with E-state index in [1.165, 1.54) is 17.0 Å². The molecular weight excluding hydrogens is 349 g/mol. The smallest absolute Gasteiger partial charge is 0.273 e. The Hall–Kier alpha value is -3.19. The number of rotatable bonds is 4. The number of fused-ring (bicyclic) bond motifs is 1. The number of H-pyrrole nitrogens is 1. The first-order valence-electron chi connectivity index (χ1n) is 8.56. The molecule has 0 saturated heterocycles. The number of benzene rings is 2. The molecule has 7 heteroatoms. The molecule has 0 radical (unpaired) electrons. The fourth-order valence-electron chi connectivity index (χ4n) is 3.57. The summed E-state index contributed by atoms with van der Waals surface area (Å²) in [6, 6.07) is 10.5. The number of aromatic hydroxyl groups is 1. The summed E-state index contributed by atoms with van der Waals surface area (Å²) in [5.41, 5.74) is 3.54. The summed E-state index contributed by atoms with van der Waals surface area (Å²) in [7, 11) is 0. The summed E-state index contributed by atoms with van der Waals surface area (Å²) in [6.45, 7) is 1.82. The molecule has 0 fully saturated rings. The zero-order valence-corrected chi connectivity index (χ0v) is 14.6. The number of nitrogens with zero attached hydrogens (tertiary/aromatic N) is 2. The highest BCUT2D eigenvalue weighted by Gasteiger charge is 2.42. The van der Waals surface area contributed by atoms with Gasteiger partial charge in [-0.2, -0.15) is 5.10 Å². The monoisotopic (exact) mass is 367 g/mol. The minimum atomic E-state index is -0.533. The molecule has 0 aliphatic carbocycles. The van der Waals surface area contributed by atoms with E-state index in [0.29, 0.717) is 28.1 Å². The van der Waals surface area contributed by atoms with Crippen LogP contribution >= 0.6 is 0 Å². The van der Waals surface area contributed by atoms with Gasteiger partial charge in [0, 0.05) is 17.7 Å². The molecule has 2 heterocycles. The van der Waals surface area contributed by atoms with Crippen molar-refractivity contribution in [3.05, 3.63) is 70.7 Å². The standard InChI is InChI=1S/C20H18FN3O3/c1-11-2-7-15(26)14(10-11)17-16-18(23-22-17)20(27)24(8-9-25)19(16)12-3-5-13(21)6-4-12/h2-7,10,19,25-26H,8-9H2,1H3,(H,22,23)/t19-/m0/s1. The average molecular weight is 367 g/mol. The first-order chi connectivity index (χ1) is 13.0. The van der Waals surface area contributed by atoms with Gasteiger partial charge in [0.05, 0.1) is 12.6 Å². The van der Waals surface area contributed by atoms with Gasteiger partial charge in [-0.1, -0.05) is 23.8 Å². The second-order valence-electron chi connectivity index (χ2n) is 6.56. The van der Waals surface area contributed by atoms with Crippen LogP contribution in [0.25, 0.3) is 11.3 Å². The molecule has 0 bridgehead atoms. The molecule has 6 nitrogen and oxygen atoms in total. The number of phenolic OH excluding ortho intramolecular Hbond substituents is 1. The number of hydrogen-bond acceptors (Lipinski definition) is 4. The van der Waals surface area contributed by atoms with Gasteiger partial charge in [-0.15, -0.1) is 0 Å². The van der Waals surface area contributed by atoms with E-state index in [1.807, 2.05) is 6.92 Å². The molecule has 3 aromatic rings. The van der Waals surface area contributed by atoms with E-state index in [2.05, 4.69) is 10.2 Å². The quantitative estimate of drug-likeness (QED) is 0.661. The third kappa shape index (κ3) is 2.76. The van der Waals surface area contributed by atoms with Crippen LogP contribution < -0.4 is 0 Å². The Labute approximate surface area is 154 Å². The first kappa shape index (κ1) is 17.2. The van der Waals surface area contributed by atoms with Gasteiger partial charge in [0.1, 0.15) is 23.0 Å². The van der Waals surface area contributed by atoms with Crippen molar-refractivity contribution in [3.63, 3.8) is 0 Å². The van der Waals surface area contributed by atoms with Crippen molar-refractivity contribution in [2.24, 2.45) is 0 Å². The van der Waals surface area contributed by atoms with Gasteiger partial charge < -0.3 is 15.1 Å². The van der Waals surface area contributed by atoms with Crippen molar-refractivity contribution in [1.82, 2.24) is 15.1 Å². The number of aliphatic hydroxyl groups is 1. The van der Waals surface area contributed by atoms with Gasteiger partial charge in [-0.05, 0) is 36.8 Å². The molecule has 0 spiro atoms. The van der Waals surface area contributed by atoms with E-state index in [1.54, 1.807) is 30.3 Å². The maximum atomic E-state index is 13.4. The SMILES string of the molecule is Cc1ccc(O)c(-c2n[nH]c3c2[C@H](c2ccc(F)cc2)N(CCO)C3=O)c1. The van der Waals surface area contributed by atoms with Crippen molar-refractivity contribution in [1.29, 1.82) is 0 Å². The summed E-state index contributed by atoms with van der Waals surface area (Å²) >= 11 is 0. The van der Waals surface area contributed by atoms with Crippen molar-refractivity contribution in [3.8, 4) is 17.0 Å². The van der Waals surface area contributed by atoms with E-state index >= 15 is 0 Å². The van der Waals surface area contributed by atoms with Crippen LogP contribution in [0.3, 0.4) is 0 Å². The van der Waals surface area contributed by atoms with Gasteiger partial charge in [0.15, 0.2) is 0 Å². The summed E-state index contributed by atoms with van der Waals surface area (Å²) in [5, 5.41) is 26.8. The van der Waals surface area contributed by atoms with Crippen molar-refractivity contribution >= 4 is 5.91 Å². The Morgan fingerprint density at radius 1 is 1.22 bits per heavy atom. The zero-order chi connectivity index (χ0) is 19.1. The second-order valence-corrected chi connectivity index (χ2v) is 6.56. The number of aromatic amines is 1. The Bertz CT molecular complexity index is 1010. The van der Waals surface area contributed by atoms with Crippen LogP contribution in [0, 0.1) is 12.7 Å². The molecule has 3 N–H and O–H groups in total. The van der Waals surface area contributed by atoms with E-state index < -0.39 is 6.04 Å². The van der Waals surface area contributed by atoms with Crippen LogP contribution in [0.15, 0.2) is 42.5 Å². The molecule has 1 aliphatic heterocycles. The summed E-state index contributed by atoms with van der Waals surface area (Å²) < 4.78 is 13.4. The van der Waals surface area contributed by atoms with Gasteiger partial charge in [-0.3, -0.25) is 9.89 Å². The largest absolute Gasteiger partial charge is 0.507 e. The fraction of sp³-hybridized carbons (Fsp3) is 0.200. The van der Waals surface area contributed by atoms with E-state index in [9.17, 15) is 19.4 Å². The van der Waals surface area contributed by atoms with Crippen LogP contribution in [0.4, 0.5) is 4.39 Å². The summed E-state index contributed by atoms with van der Waals surface area (Å²) in [4.78, 5) is 14.4. The van der Waals surface area contributed by atoms with Crippen molar-refractivity contribution in [2.75, 3.05) is 13.2 Å². The molecule has 2 aromatic carbocycles. The molecule has 0 saturated carbocycles. The minimum absolute atomic E-state index is 0.0563. The Balaban J connectivity index is 1.92. The molecule has 138 valence electrons. The number of aryl methyl sites for hydroxylation is 1. The molecule has 1 aliphatic rings. The van der Waals surface area contributed by atoms with E-state index in [-0.39, 0.29) is 30.6 Å². The molecule has 27 heavy (non-hydrogen) atoms. The predicted octanol–water partition coefficient (Wildman–Crippen LogP) is 2.77. The van der Waals surface area contributed by atoms with Gasteiger partial charge in [-0.25, -0.2) is 4.39 Å². The first-order valence-corrected chi connectivity index (χ1v) is 8.56. The second kappa shape index (κ2) is 6.51. The number of halogens is 1. The number of nitrogens with one attached hydrogen (secondary N) is 1. The average Bonchev–Trinajstić information content (AvgIpc) is 3.19. The maximum absolute atomic E-state index is 13.4. The molecule has 0 unspecified atom stereocenters. The summed E-state index contributed by atoms with van der Waals surface area (Å²) in [6.07, 6.45) is 0. The lowest BCUT2D eigenvalue weighted by atomic mass is 9.95. The number of amides is 1. The van der Waals surface area contributed by atoms with Crippen molar-refractivity contribution < 1.29 is 19.4 Å². The highest BCUT2D eigenvalue weighted by Crippen LogP contribution is 2.44. The molecule has 1 atom stereocenters. The van der Waals surface area contributed by atoms with Crippen LogP contribution in [-0.4, -0.2) is 44.4 Å². The van der Waals surface area contributed by atoms with Crippen LogP contribution in [0.1, 0.15) is 33.2 Å². The van der Waals surface area contributed by atoms with Crippen LogP contribution in [-0.2, 0) is 0 Å². The lowest BCUT2D eigenvalue weighted by Crippen LogP contribution is -2.32. The molecule has 1 amide bonds. The topological polar surface area (TPSA) is 89.5 Å². The predicted molar refractivity (Wildman–Crippen MR) is 96.8 cm³/mol. The fourth-order valence-corrected chi connectivity index (χ4v) is 3.57. The highest BCUT2D eigenvalue weighted by molar-refractivity contribution is 6.00. The van der Waals surface area contributed by atoms with Gasteiger partial charge >= 0.3 is 0 Å². The van der Waals surface area contributed by atoms with Crippen LogP contribution in [0.2, 0.25) is 0 Å². The third-order valence-corrected chi connectivity index (χ3v) is 4.80. The zero-order valence-electron chi connectivity index (χ0n) is 14.6. The Morgan fingerprint density at radius 3 is 2.67 bits per heavy atom. The number of aromatic nitrogens is 2. The Morgan fingerprint density at radius 2 is 1.96 bits per heavy atom. The minimum Gasteiger partial charge on any atom is -0.507 e. The normalized spacial score (nSPS) is 16.0. The summed E-state index contributed by atoms with van der Waals surface area (Å²) in [5.74, 6) is -0.610. The highest BCUT2D eigenvalue weighted by atomic mass is 19.1. The third-order valence-electron chi connectivity index (χ3n) is 4.80. The van der Waals surface area contributed by atoms with Crippen LogP contribution in [0.5, 0.6) is 5.75 Å². The number of carbonyl (C=O) groups excluding carboxylic acids is 1. The number of carbonyl (C=O) groups is 1. The molecular formula is C20H18FN3O3. The number of phenols is 1. The Kier molecular flexibility index (Phi) is 4.16. The molecule has 4 rings (SSSR count). The lowest BCUT2D eigenvalue weighted by Gasteiger charge is -2.25. The van der Waals surface area contributed by atoms with Crippen molar-refractivity contribution in [2.45, 2.75) is 13.0 Å².